The standard InChI is InChI=1S/C9H14O.C8H10O.V.Y/c10-8-4-7-9-5-2-1-3-6-9;9-7-6-8-4-2-1-3-5-8;;/h2,5-6,10H,1,3-4,7-8H2;1-5,9H,6-7H2;;. The van der Waals surface area contributed by atoms with Gasteiger partial charge in [-0.05, 0) is 37.7 Å². The van der Waals surface area contributed by atoms with Crippen LogP contribution in [0.5, 0.6) is 0 Å². The monoisotopic (exact) mass is 400 g/mol. The number of hydrogen-bond donors (Lipinski definition) is 2. The van der Waals surface area contributed by atoms with E-state index in [9.17, 15) is 0 Å². The van der Waals surface area contributed by atoms with Gasteiger partial charge in [0.1, 0.15) is 0 Å². The molecule has 0 aliphatic heterocycles. The molecule has 1 aromatic rings. The zero-order valence-electron chi connectivity index (χ0n) is 12.5. The number of aliphatic hydroxyl groups is 2. The number of aliphatic hydroxyl groups excluding tert-OH is 2. The Hall–Kier alpha value is 0.308. The molecule has 2 rings (SSSR count). The van der Waals surface area contributed by atoms with Crippen molar-refractivity contribution in [2.45, 2.75) is 32.1 Å². The summed E-state index contributed by atoms with van der Waals surface area (Å²) < 4.78 is 0. The Morgan fingerprint density at radius 3 is 2.14 bits per heavy atom. The number of benzene rings is 1. The molecular weight excluding hydrogens is 376 g/mol. The first-order valence-electron chi connectivity index (χ1n) is 6.98. The van der Waals surface area contributed by atoms with Crippen molar-refractivity contribution in [3.8, 4) is 0 Å². The molecule has 2 nitrogen and oxygen atoms in total. The molecule has 0 aromatic heterocycles. The van der Waals surface area contributed by atoms with Crippen molar-refractivity contribution < 1.29 is 61.5 Å². The fraction of sp³-hybridized carbons (Fsp3) is 0.412. The van der Waals surface area contributed by atoms with Gasteiger partial charge in [-0.1, -0.05) is 54.1 Å². The molecule has 0 fully saturated rings. The van der Waals surface area contributed by atoms with Crippen LogP contribution in [-0.4, -0.2) is 23.4 Å². The minimum Gasteiger partial charge on any atom is -0.396 e. The van der Waals surface area contributed by atoms with Crippen molar-refractivity contribution in [2.24, 2.45) is 0 Å². The third-order valence-electron chi connectivity index (χ3n) is 2.94. The van der Waals surface area contributed by atoms with Gasteiger partial charge in [0.05, 0.1) is 0 Å². The predicted molar refractivity (Wildman–Crippen MR) is 80.0 cm³/mol. The zero-order chi connectivity index (χ0) is 13.8. The van der Waals surface area contributed by atoms with E-state index in [1.807, 2.05) is 30.3 Å². The van der Waals surface area contributed by atoms with Crippen molar-refractivity contribution in [1.82, 2.24) is 0 Å². The summed E-state index contributed by atoms with van der Waals surface area (Å²) >= 11 is 0. The Morgan fingerprint density at radius 1 is 0.905 bits per heavy atom. The molecule has 0 amide bonds. The van der Waals surface area contributed by atoms with Crippen LogP contribution in [0.1, 0.15) is 31.2 Å². The summed E-state index contributed by atoms with van der Waals surface area (Å²) in [4.78, 5) is 0. The van der Waals surface area contributed by atoms with Crippen molar-refractivity contribution in [3.05, 3.63) is 59.7 Å². The first-order chi connectivity index (χ1) is 9.36. The van der Waals surface area contributed by atoms with Gasteiger partial charge in [0.15, 0.2) is 0 Å². The fourth-order valence-corrected chi connectivity index (χ4v) is 1.91. The smallest absolute Gasteiger partial charge is 0.0471 e. The van der Waals surface area contributed by atoms with E-state index >= 15 is 0 Å². The SMILES string of the molecule is OCCCC1=CCCC=C1.OCCc1ccccc1.[V].[Y]. The van der Waals surface area contributed by atoms with Crippen LogP contribution in [0.4, 0.5) is 0 Å². The summed E-state index contributed by atoms with van der Waals surface area (Å²) in [5.41, 5.74) is 2.58. The van der Waals surface area contributed by atoms with Crippen LogP contribution < -0.4 is 0 Å². The van der Waals surface area contributed by atoms with E-state index in [1.165, 1.54) is 24.0 Å². The van der Waals surface area contributed by atoms with Gasteiger partial charge >= 0.3 is 0 Å². The van der Waals surface area contributed by atoms with Crippen LogP contribution in [0.15, 0.2) is 54.1 Å². The van der Waals surface area contributed by atoms with E-state index in [-0.39, 0.29) is 57.9 Å². The molecule has 2 radical (unpaired) electrons. The molecule has 1 aliphatic carbocycles. The van der Waals surface area contributed by atoms with Crippen LogP contribution in [0.25, 0.3) is 0 Å². The van der Waals surface area contributed by atoms with Crippen LogP contribution in [0.2, 0.25) is 0 Å². The molecule has 0 spiro atoms. The molecule has 0 saturated heterocycles. The van der Waals surface area contributed by atoms with Crippen LogP contribution in [0, 0.1) is 0 Å². The van der Waals surface area contributed by atoms with E-state index in [0.29, 0.717) is 6.61 Å². The average molecular weight is 400 g/mol. The predicted octanol–water partition coefficient (Wildman–Crippen LogP) is 3.25. The normalized spacial score (nSPS) is 12.2. The molecule has 0 saturated carbocycles. The molecule has 0 heterocycles. The first-order valence-corrected chi connectivity index (χ1v) is 6.98. The number of hydrogen-bond acceptors (Lipinski definition) is 2. The summed E-state index contributed by atoms with van der Waals surface area (Å²) in [7, 11) is 0. The Kier molecular flexibility index (Phi) is 18.7. The summed E-state index contributed by atoms with van der Waals surface area (Å²) in [6.45, 7) is 0.551. The van der Waals surface area contributed by atoms with Gasteiger partial charge in [-0.2, -0.15) is 0 Å². The Morgan fingerprint density at radius 2 is 1.62 bits per heavy atom. The van der Waals surface area contributed by atoms with Crippen LogP contribution in [-0.2, 0) is 57.7 Å². The second kappa shape index (κ2) is 16.7. The van der Waals surface area contributed by atoms with Gasteiger partial charge in [-0.15, -0.1) is 0 Å². The van der Waals surface area contributed by atoms with E-state index < -0.39 is 0 Å². The Labute approximate surface area is 165 Å². The molecule has 4 heteroatoms. The Balaban J connectivity index is 0. The third kappa shape index (κ3) is 12.5. The van der Waals surface area contributed by atoms with Crippen molar-refractivity contribution in [2.75, 3.05) is 13.2 Å². The minimum absolute atomic E-state index is 0. The van der Waals surface area contributed by atoms with Crippen molar-refractivity contribution >= 4 is 0 Å². The summed E-state index contributed by atoms with van der Waals surface area (Å²) in [6, 6.07) is 9.95. The molecule has 1 aromatic carbocycles. The molecule has 112 valence electrons. The second-order valence-electron chi connectivity index (χ2n) is 4.55. The summed E-state index contributed by atoms with van der Waals surface area (Å²) in [6.07, 6.45) is 11.7. The topological polar surface area (TPSA) is 40.5 Å². The van der Waals surface area contributed by atoms with Crippen LogP contribution in [0.3, 0.4) is 0 Å². The average Bonchev–Trinajstić information content (AvgIpc) is 2.48. The second-order valence-corrected chi connectivity index (χ2v) is 4.55. The maximum absolute atomic E-state index is 8.55. The quantitative estimate of drug-likeness (QED) is 0.797. The summed E-state index contributed by atoms with van der Waals surface area (Å²) in [5, 5.41) is 17.1. The molecule has 0 atom stereocenters. The van der Waals surface area contributed by atoms with Gasteiger partial charge < -0.3 is 10.2 Å². The molecule has 2 N–H and O–H groups in total. The van der Waals surface area contributed by atoms with Crippen LogP contribution >= 0.6 is 0 Å². The van der Waals surface area contributed by atoms with E-state index in [1.54, 1.807) is 0 Å². The van der Waals surface area contributed by atoms with Gasteiger partial charge in [0, 0.05) is 64.5 Å². The maximum atomic E-state index is 8.55. The molecule has 21 heavy (non-hydrogen) atoms. The third-order valence-corrected chi connectivity index (χ3v) is 2.94. The number of rotatable bonds is 5. The molecule has 0 bridgehead atoms. The van der Waals surface area contributed by atoms with Gasteiger partial charge in [-0.3, -0.25) is 0 Å². The van der Waals surface area contributed by atoms with E-state index in [0.717, 1.165) is 19.3 Å². The number of allylic oxidation sites excluding steroid dienone is 4. The fourth-order valence-electron chi connectivity index (χ4n) is 1.91. The van der Waals surface area contributed by atoms with Gasteiger partial charge in [0.2, 0.25) is 0 Å². The van der Waals surface area contributed by atoms with E-state index in [2.05, 4.69) is 18.2 Å². The maximum Gasteiger partial charge on any atom is 0.0471 e. The minimum atomic E-state index is 0. The van der Waals surface area contributed by atoms with Crippen molar-refractivity contribution in [1.29, 1.82) is 0 Å². The van der Waals surface area contributed by atoms with E-state index in [4.69, 9.17) is 10.2 Å². The van der Waals surface area contributed by atoms with Crippen molar-refractivity contribution in [3.63, 3.8) is 0 Å². The Bertz CT molecular complexity index is 391. The molecular formula is C17H24O2VY. The zero-order valence-corrected chi connectivity index (χ0v) is 16.7. The first kappa shape index (κ1) is 23.6. The van der Waals surface area contributed by atoms with Gasteiger partial charge in [0.25, 0.3) is 0 Å². The summed E-state index contributed by atoms with van der Waals surface area (Å²) in [5.74, 6) is 0. The largest absolute Gasteiger partial charge is 0.396 e. The molecule has 1 aliphatic rings. The van der Waals surface area contributed by atoms with Gasteiger partial charge in [-0.25, -0.2) is 0 Å². The molecule has 0 unspecified atom stereocenters.